The van der Waals surface area contributed by atoms with E-state index in [1.165, 1.54) is 5.56 Å². The molecule has 0 amide bonds. The highest BCUT2D eigenvalue weighted by molar-refractivity contribution is 6.31. The first-order valence-electron chi connectivity index (χ1n) is 8.20. The Morgan fingerprint density at radius 3 is 2.67 bits per heavy atom. The molecule has 0 radical (unpaired) electrons. The minimum atomic E-state index is -0.308. The Morgan fingerprint density at radius 1 is 1.08 bits per heavy atom. The highest BCUT2D eigenvalue weighted by atomic mass is 35.5. The van der Waals surface area contributed by atoms with Crippen molar-refractivity contribution in [1.82, 2.24) is 10.6 Å². The van der Waals surface area contributed by atoms with Gasteiger partial charge < -0.3 is 20.5 Å². The van der Waals surface area contributed by atoms with E-state index < -0.39 is 0 Å². The predicted molar refractivity (Wildman–Crippen MR) is 98.5 cm³/mol. The topological polar surface area (TPSA) is 53.5 Å². The van der Waals surface area contributed by atoms with Gasteiger partial charge in [0.2, 0.25) is 0 Å². The summed E-state index contributed by atoms with van der Waals surface area (Å²) in [6.45, 7) is 5.30. The van der Waals surface area contributed by atoms with E-state index in [-0.39, 0.29) is 6.10 Å². The minimum Gasteiger partial charge on any atom is -0.489 e. The monoisotopic (exact) mass is 348 g/mol. The van der Waals surface area contributed by atoms with Gasteiger partial charge in [0.05, 0.1) is 6.10 Å². The fourth-order valence-electron chi connectivity index (χ4n) is 2.24. The lowest BCUT2D eigenvalue weighted by Crippen LogP contribution is -2.31. The first-order valence-corrected chi connectivity index (χ1v) is 8.57. The van der Waals surface area contributed by atoms with Crippen LogP contribution in [0.4, 0.5) is 0 Å². The Kier molecular flexibility index (Phi) is 8.05. The van der Waals surface area contributed by atoms with Crippen LogP contribution in [0, 0.1) is 0 Å². The van der Waals surface area contributed by atoms with Crippen molar-refractivity contribution in [2.75, 3.05) is 19.6 Å². The number of aliphatic hydroxyl groups is 1. The molecular weight excluding hydrogens is 324 g/mol. The summed E-state index contributed by atoms with van der Waals surface area (Å²) in [5.74, 6) is 0.835. The molecule has 4 nitrogen and oxygen atoms in total. The highest BCUT2D eigenvalue weighted by Crippen LogP contribution is 2.19. The van der Waals surface area contributed by atoms with Gasteiger partial charge in [0, 0.05) is 36.8 Å². The van der Waals surface area contributed by atoms with Gasteiger partial charge in [0.1, 0.15) is 12.4 Å². The van der Waals surface area contributed by atoms with Gasteiger partial charge in [-0.05, 0) is 30.7 Å². The summed E-state index contributed by atoms with van der Waals surface area (Å²) >= 11 is 6.14. The van der Waals surface area contributed by atoms with Crippen molar-refractivity contribution in [2.45, 2.75) is 26.2 Å². The highest BCUT2D eigenvalue weighted by Gasteiger charge is 2.02. The fraction of sp³-hybridized carbons (Fsp3) is 0.368. The predicted octanol–water partition coefficient (Wildman–Crippen LogP) is 2.98. The lowest BCUT2D eigenvalue weighted by Gasteiger charge is -2.10. The molecular formula is C19H25ClN2O2. The Hall–Kier alpha value is -1.59. The van der Waals surface area contributed by atoms with Crippen molar-refractivity contribution in [3.63, 3.8) is 0 Å². The normalized spacial score (nSPS) is 12.1. The summed E-state index contributed by atoms with van der Waals surface area (Å²) in [7, 11) is 0. The van der Waals surface area contributed by atoms with E-state index in [1.54, 1.807) is 6.92 Å². The van der Waals surface area contributed by atoms with Crippen LogP contribution in [0.2, 0.25) is 5.02 Å². The zero-order valence-electron chi connectivity index (χ0n) is 14.0. The number of halogens is 1. The van der Waals surface area contributed by atoms with Gasteiger partial charge in [-0.1, -0.05) is 41.9 Å². The molecule has 2 aromatic rings. The zero-order valence-corrected chi connectivity index (χ0v) is 14.7. The van der Waals surface area contributed by atoms with Gasteiger partial charge in [-0.3, -0.25) is 0 Å². The van der Waals surface area contributed by atoms with Crippen molar-refractivity contribution in [3.05, 3.63) is 64.7 Å². The van der Waals surface area contributed by atoms with E-state index in [9.17, 15) is 0 Å². The average molecular weight is 349 g/mol. The third kappa shape index (κ3) is 6.89. The zero-order chi connectivity index (χ0) is 17.2. The quantitative estimate of drug-likeness (QED) is 0.578. The summed E-state index contributed by atoms with van der Waals surface area (Å²) in [6.07, 6.45) is -0.308. The van der Waals surface area contributed by atoms with E-state index in [1.807, 2.05) is 42.5 Å². The van der Waals surface area contributed by atoms with Crippen LogP contribution in [0.25, 0.3) is 0 Å². The van der Waals surface area contributed by atoms with Crippen molar-refractivity contribution in [2.24, 2.45) is 0 Å². The number of aliphatic hydroxyl groups excluding tert-OH is 1. The summed E-state index contributed by atoms with van der Waals surface area (Å²) in [5, 5.41) is 16.4. The van der Waals surface area contributed by atoms with Gasteiger partial charge in [-0.25, -0.2) is 0 Å². The first kappa shape index (κ1) is 18.7. The van der Waals surface area contributed by atoms with Crippen LogP contribution in [-0.2, 0) is 13.2 Å². The molecule has 0 aliphatic heterocycles. The maximum Gasteiger partial charge on any atom is 0.120 e. The summed E-state index contributed by atoms with van der Waals surface area (Å²) in [5.41, 5.74) is 2.15. The summed E-state index contributed by atoms with van der Waals surface area (Å²) in [4.78, 5) is 0. The maximum atomic E-state index is 9.16. The van der Waals surface area contributed by atoms with E-state index >= 15 is 0 Å². The molecule has 0 aromatic heterocycles. The van der Waals surface area contributed by atoms with Crippen LogP contribution < -0.4 is 15.4 Å². The lowest BCUT2D eigenvalue weighted by molar-refractivity contribution is 0.191. The van der Waals surface area contributed by atoms with Crippen molar-refractivity contribution in [3.8, 4) is 5.75 Å². The third-order valence-corrected chi connectivity index (χ3v) is 3.87. The molecule has 24 heavy (non-hydrogen) atoms. The van der Waals surface area contributed by atoms with Crippen LogP contribution in [0.3, 0.4) is 0 Å². The van der Waals surface area contributed by atoms with Crippen LogP contribution in [0.1, 0.15) is 18.1 Å². The molecule has 1 atom stereocenters. The SMILES string of the molecule is CC(O)CNCCNCc1cccc(OCc2ccccc2Cl)c1. The summed E-state index contributed by atoms with van der Waals surface area (Å²) in [6, 6.07) is 15.7. The van der Waals surface area contributed by atoms with Gasteiger partial charge in [-0.2, -0.15) is 0 Å². The average Bonchev–Trinajstić information content (AvgIpc) is 2.57. The van der Waals surface area contributed by atoms with E-state index in [0.29, 0.717) is 13.2 Å². The second-order valence-electron chi connectivity index (χ2n) is 5.76. The number of benzene rings is 2. The molecule has 0 saturated heterocycles. The molecule has 0 aliphatic rings. The first-order chi connectivity index (χ1) is 11.6. The van der Waals surface area contributed by atoms with E-state index in [2.05, 4.69) is 16.7 Å². The van der Waals surface area contributed by atoms with Gasteiger partial charge in [0.25, 0.3) is 0 Å². The van der Waals surface area contributed by atoms with Gasteiger partial charge in [-0.15, -0.1) is 0 Å². The molecule has 0 fully saturated rings. The van der Waals surface area contributed by atoms with Crippen LogP contribution in [-0.4, -0.2) is 30.8 Å². The van der Waals surface area contributed by atoms with Crippen LogP contribution in [0.15, 0.2) is 48.5 Å². The van der Waals surface area contributed by atoms with Gasteiger partial charge in [0.15, 0.2) is 0 Å². The standard InChI is InChI=1S/C19H25ClN2O2/c1-15(23)12-21-9-10-22-13-16-5-4-7-18(11-16)24-14-17-6-2-3-8-19(17)20/h2-8,11,15,21-23H,9-10,12-14H2,1H3. The van der Waals surface area contributed by atoms with Crippen molar-refractivity contribution >= 4 is 11.6 Å². The second-order valence-corrected chi connectivity index (χ2v) is 6.16. The lowest BCUT2D eigenvalue weighted by atomic mass is 10.2. The third-order valence-electron chi connectivity index (χ3n) is 3.50. The molecule has 0 heterocycles. The molecule has 0 aliphatic carbocycles. The van der Waals surface area contributed by atoms with E-state index in [4.69, 9.17) is 21.4 Å². The van der Waals surface area contributed by atoms with Crippen LogP contribution >= 0.6 is 11.6 Å². The molecule has 0 saturated carbocycles. The molecule has 1 unspecified atom stereocenters. The maximum absolute atomic E-state index is 9.16. The fourth-order valence-corrected chi connectivity index (χ4v) is 2.43. The Bertz CT molecular complexity index is 620. The number of rotatable bonds is 10. The number of hydrogen-bond donors (Lipinski definition) is 3. The second kappa shape index (κ2) is 10.3. The molecule has 0 bridgehead atoms. The van der Waals surface area contributed by atoms with Gasteiger partial charge >= 0.3 is 0 Å². The molecule has 130 valence electrons. The summed E-state index contributed by atoms with van der Waals surface area (Å²) < 4.78 is 5.83. The minimum absolute atomic E-state index is 0.308. The van der Waals surface area contributed by atoms with Crippen molar-refractivity contribution in [1.29, 1.82) is 0 Å². The Balaban J connectivity index is 1.74. The number of nitrogens with one attached hydrogen (secondary N) is 2. The van der Waals surface area contributed by atoms with E-state index in [0.717, 1.165) is 36.0 Å². The molecule has 0 spiro atoms. The Labute approximate surface area is 148 Å². The smallest absolute Gasteiger partial charge is 0.120 e. The number of hydrogen-bond acceptors (Lipinski definition) is 4. The molecule has 5 heteroatoms. The van der Waals surface area contributed by atoms with Crippen LogP contribution in [0.5, 0.6) is 5.75 Å². The number of ether oxygens (including phenoxy) is 1. The molecule has 2 aromatic carbocycles. The Morgan fingerprint density at radius 2 is 1.88 bits per heavy atom. The van der Waals surface area contributed by atoms with Crippen molar-refractivity contribution < 1.29 is 9.84 Å². The largest absolute Gasteiger partial charge is 0.489 e. The molecule has 3 N–H and O–H groups in total. The molecule has 2 rings (SSSR count).